The van der Waals surface area contributed by atoms with Gasteiger partial charge in [-0.1, -0.05) is 0 Å². The Labute approximate surface area is 256 Å². The molecule has 15 atom stereocenters. The Hall–Kier alpha value is -1.17. The van der Waals surface area contributed by atoms with Crippen LogP contribution in [0.3, 0.4) is 0 Å². The second-order valence-electron chi connectivity index (χ2n) is 12.0. The summed E-state index contributed by atoms with van der Waals surface area (Å²) in [6.45, 7) is 1.60. The van der Waals surface area contributed by atoms with Gasteiger partial charge in [-0.2, -0.15) is 0 Å². The molecule has 0 radical (unpaired) electrons. The topological polar surface area (TPSA) is 310 Å². The third-order valence-electron chi connectivity index (χ3n) is 8.46. The number of nitrogens with one attached hydrogen (secondary N) is 3. The van der Waals surface area contributed by atoms with E-state index in [1.807, 2.05) is 0 Å². The quantitative estimate of drug-likeness (QED) is 0.0784. The average molecular weight is 641 g/mol. The van der Waals surface area contributed by atoms with Crippen LogP contribution in [0.15, 0.2) is 0 Å². The van der Waals surface area contributed by atoms with Crippen molar-refractivity contribution in [3.05, 3.63) is 0 Å². The van der Waals surface area contributed by atoms with E-state index in [1.54, 1.807) is 0 Å². The molecule has 0 aromatic heterocycles. The summed E-state index contributed by atoms with van der Waals surface area (Å²) in [7, 11) is 1.54. The predicted octanol–water partition coefficient (Wildman–Crippen LogP) is -7.15. The van der Waals surface area contributed by atoms with Gasteiger partial charge in [-0.3, -0.25) is 4.79 Å². The normalized spacial score (nSPS) is 42.0. The number of carbonyl (C=O) groups is 1. The molecule has 3 aliphatic rings. The fourth-order valence-corrected chi connectivity index (χ4v) is 5.88. The summed E-state index contributed by atoms with van der Waals surface area (Å²) in [4.78, 5) is 12.9. The number of likely N-dealkylation sites (N-methyl/N-ethyl adjacent to an activating group) is 1. The van der Waals surface area contributed by atoms with Crippen molar-refractivity contribution in [1.29, 1.82) is 0 Å². The van der Waals surface area contributed by atoms with Crippen molar-refractivity contribution < 1.29 is 59.5 Å². The number of amides is 1. The number of hydrogen-bond donors (Lipinski definition) is 13. The largest absolute Gasteiger partial charge is 0.395 e. The van der Waals surface area contributed by atoms with Crippen LogP contribution in [0.4, 0.5) is 0 Å². The van der Waals surface area contributed by atoms with Gasteiger partial charge in [-0.25, -0.2) is 0 Å². The number of aliphatic hydroxyl groups is 7. The zero-order valence-corrected chi connectivity index (χ0v) is 25.1. The Kier molecular flexibility index (Phi) is 14.1. The maximum Gasteiger partial charge on any atom is 0.251 e. The lowest BCUT2D eigenvalue weighted by Gasteiger charge is -2.49. The number of rotatable bonds is 14. The predicted molar refractivity (Wildman–Crippen MR) is 152 cm³/mol. The monoisotopic (exact) mass is 640 g/mol. The minimum atomic E-state index is -2.08. The number of carbonyl (C=O) groups excluding carboxylic acids is 1. The van der Waals surface area contributed by atoms with E-state index in [0.717, 1.165) is 0 Å². The van der Waals surface area contributed by atoms with Gasteiger partial charge in [-0.05, 0) is 33.2 Å². The van der Waals surface area contributed by atoms with E-state index in [0.29, 0.717) is 25.9 Å². The van der Waals surface area contributed by atoms with E-state index in [4.69, 9.17) is 41.3 Å². The molecule has 1 aliphatic carbocycles. The highest BCUT2D eigenvalue weighted by Gasteiger charge is 2.52. The highest BCUT2D eigenvalue weighted by atomic mass is 16.7. The van der Waals surface area contributed by atoms with Crippen molar-refractivity contribution in [2.75, 3.05) is 39.9 Å². The number of nitrogens with two attached hydrogens (primary N) is 3. The zero-order chi connectivity index (χ0) is 32.8. The second kappa shape index (κ2) is 16.6. The first-order valence-electron chi connectivity index (χ1n) is 15.0. The van der Waals surface area contributed by atoms with Gasteiger partial charge in [0.05, 0.1) is 43.5 Å². The first kappa shape index (κ1) is 37.3. The molecular weight excluding hydrogens is 588 g/mol. The third kappa shape index (κ3) is 9.00. The van der Waals surface area contributed by atoms with Crippen LogP contribution in [0.5, 0.6) is 0 Å². The average Bonchev–Trinajstić information content (AvgIpc) is 2.98. The summed E-state index contributed by atoms with van der Waals surface area (Å²) in [5.41, 5.74) is 16.6. The van der Waals surface area contributed by atoms with Crippen LogP contribution in [0.25, 0.3) is 0 Å². The highest BCUT2D eigenvalue weighted by molar-refractivity contribution is 5.81. The van der Waals surface area contributed by atoms with Gasteiger partial charge < -0.3 is 87.8 Å². The van der Waals surface area contributed by atoms with Crippen molar-refractivity contribution in [1.82, 2.24) is 16.0 Å². The molecule has 18 heteroatoms. The van der Waals surface area contributed by atoms with E-state index in [9.17, 15) is 35.4 Å². The molecule has 2 saturated heterocycles. The maximum atomic E-state index is 12.9. The van der Waals surface area contributed by atoms with E-state index in [-0.39, 0.29) is 25.7 Å². The molecule has 1 saturated carbocycles. The van der Waals surface area contributed by atoms with E-state index >= 15 is 0 Å². The standard InChI is InChI=1S/C26H52N6O12/c1-26(40)10-41-25(19(38)22(26)30-2)44-21-14(32-23(39)17(36)16(35)15(34)8-27)7-13(29)20(18(21)37)43-24-12(28)4-3-11(42-24)9-31-5-6-33/h11-22,24-25,30-31,33-38,40H,3-10,27-29H2,1-2H3,(H,32,39)/t11-,12+,13-,14+,15-,16-,17-,18-,19+,20+,21-,22+,24+,25+,26-/m0/s1. The van der Waals surface area contributed by atoms with Crippen molar-refractivity contribution in [3.63, 3.8) is 0 Å². The molecule has 1 amide bonds. The van der Waals surface area contributed by atoms with Crippen LogP contribution < -0.4 is 33.2 Å². The van der Waals surface area contributed by atoms with Gasteiger partial charge in [0.15, 0.2) is 18.7 Å². The van der Waals surface area contributed by atoms with Gasteiger partial charge in [-0.15, -0.1) is 0 Å². The SMILES string of the molecule is CN[C@@H]1[C@@H](O)[C@@H](O[C@@H]2[C@@H](O)[C@H](O[C@H]3O[C@H](CNCCO)CC[C@H]3N)[C@@H](N)C[C@H]2NC(=O)[C@@H](O)[C@@H](O)[C@@H](O)CN)OC[C@]1(C)O. The second-order valence-corrected chi connectivity index (χ2v) is 12.0. The lowest BCUT2D eigenvalue weighted by atomic mass is 9.83. The molecule has 3 fully saturated rings. The fourth-order valence-electron chi connectivity index (χ4n) is 5.88. The molecule has 3 rings (SSSR count). The molecule has 0 aromatic rings. The van der Waals surface area contributed by atoms with Crippen molar-refractivity contribution >= 4 is 5.91 Å². The molecule has 0 unspecified atom stereocenters. The molecule has 18 nitrogen and oxygen atoms in total. The van der Waals surface area contributed by atoms with Crippen LogP contribution in [-0.2, 0) is 23.7 Å². The lowest BCUT2D eigenvalue weighted by Crippen LogP contribution is -2.70. The van der Waals surface area contributed by atoms with Gasteiger partial charge in [0.2, 0.25) is 0 Å². The minimum Gasteiger partial charge on any atom is -0.395 e. The number of aliphatic hydroxyl groups excluding tert-OH is 6. The van der Waals surface area contributed by atoms with Crippen LogP contribution in [-0.4, -0.2) is 173 Å². The van der Waals surface area contributed by atoms with Crippen LogP contribution in [0.2, 0.25) is 0 Å². The fraction of sp³-hybridized carbons (Fsp3) is 0.962. The third-order valence-corrected chi connectivity index (χ3v) is 8.46. The molecule has 16 N–H and O–H groups in total. The summed E-state index contributed by atoms with van der Waals surface area (Å²) in [6.07, 6.45) is -12.5. The van der Waals surface area contributed by atoms with Gasteiger partial charge in [0.1, 0.15) is 36.1 Å². The van der Waals surface area contributed by atoms with Crippen LogP contribution in [0, 0.1) is 0 Å². The first-order valence-corrected chi connectivity index (χ1v) is 15.0. The molecule has 2 aliphatic heterocycles. The summed E-state index contributed by atoms with van der Waals surface area (Å²) in [5.74, 6) is -1.10. The Morgan fingerprint density at radius 2 is 1.75 bits per heavy atom. The summed E-state index contributed by atoms with van der Waals surface area (Å²) in [5, 5.41) is 80.8. The Bertz CT molecular complexity index is 894. The Morgan fingerprint density at radius 1 is 1.07 bits per heavy atom. The molecular formula is C26H52N6O12. The lowest BCUT2D eigenvalue weighted by molar-refractivity contribution is -0.307. The molecule has 0 aromatic carbocycles. The molecule has 0 spiro atoms. The molecule has 44 heavy (non-hydrogen) atoms. The van der Waals surface area contributed by atoms with Gasteiger partial charge in [0, 0.05) is 25.7 Å². The van der Waals surface area contributed by atoms with E-state index < -0.39 is 97.5 Å². The number of hydrogen-bond acceptors (Lipinski definition) is 17. The van der Waals surface area contributed by atoms with Gasteiger partial charge in [0.25, 0.3) is 5.91 Å². The molecule has 2 heterocycles. The maximum absolute atomic E-state index is 12.9. The Morgan fingerprint density at radius 3 is 2.39 bits per heavy atom. The molecule has 258 valence electrons. The van der Waals surface area contributed by atoms with Crippen molar-refractivity contribution in [3.8, 4) is 0 Å². The summed E-state index contributed by atoms with van der Waals surface area (Å²) >= 11 is 0. The molecule has 0 bridgehead atoms. The van der Waals surface area contributed by atoms with E-state index in [2.05, 4.69) is 16.0 Å². The smallest absolute Gasteiger partial charge is 0.251 e. The van der Waals surface area contributed by atoms with Crippen molar-refractivity contribution in [2.45, 2.75) is 117 Å². The first-order chi connectivity index (χ1) is 20.7. The van der Waals surface area contributed by atoms with Crippen LogP contribution >= 0.6 is 0 Å². The van der Waals surface area contributed by atoms with Crippen LogP contribution in [0.1, 0.15) is 26.2 Å². The summed E-state index contributed by atoms with van der Waals surface area (Å²) in [6, 6.07) is -3.46. The van der Waals surface area contributed by atoms with Gasteiger partial charge >= 0.3 is 0 Å². The Balaban J connectivity index is 1.81. The number of ether oxygens (including phenoxy) is 4. The zero-order valence-electron chi connectivity index (χ0n) is 25.1. The highest BCUT2D eigenvalue weighted by Crippen LogP contribution is 2.32. The van der Waals surface area contributed by atoms with E-state index in [1.165, 1.54) is 14.0 Å². The minimum absolute atomic E-state index is 0.0377. The van der Waals surface area contributed by atoms with Crippen molar-refractivity contribution in [2.24, 2.45) is 17.2 Å². The summed E-state index contributed by atoms with van der Waals surface area (Å²) < 4.78 is 23.8.